The fourth-order valence-electron chi connectivity index (χ4n) is 1.14. The zero-order valence-electron chi connectivity index (χ0n) is 7.72. The number of halogens is 1. The fourth-order valence-corrected chi connectivity index (χ4v) is 1.33. The summed E-state index contributed by atoms with van der Waals surface area (Å²) in [6.07, 6.45) is 3.70. The Kier molecular flexibility index (Phi) is 5.16. The van der Waals surface area contributed by atoms with Gasteiger partial charge in [0.1, 0.15) is 0 Å². The number of amides is 1. The molecule has 0 radical (unpaired) electrons. The molecule has 1 fully saturated rings. The summed E-state index contributed by atoms with van der Waals surface area (Å²) >= 11 is 5.49. The zero-order chi connectivity index (χ0) is 9.52. The minimum atomic E-state index is 0.112. The number of ether oxygens (including phenoxy) is 1. The molecule has 1 heterocycles. The van der Waals surface area contributed by atoms with E-state index in [2.05, 4.69) is 5.32 Å². The molecule has 0 aromatic rings. The SMILES string of the molecule is O=C(CCCCCl)NCC1CCO1. The monoisotopic (exact) mass is 205 g/mol. The molecule has 1 saturated heterocycles. The zero-order valence-corrected chi connectivity index (χ0v) is 8.48. The summed E-state index contributed by atoms with van der Waals surface area (Å²) in [5.41, 5.74) is 0. The van der Waals surface area contributed by atoms with Gasteiger partial charge in [0.25, 0.3) is 0 Å². The highest BCUT2D eigenvalue weighted by atomic mass is 35.5. The van der Waals surface area contributed by atoms with Crippen molar-refractivity contribution in [3.8, 4) is 0 Å². The van der Waals surface area contributed by atoms with Crippen molar-refractivity contribution in [3.63, 3.8) is 0 Å². The van der Waals surface area contributed by atoms with E-state index in [0.29, 0.717) is 18.8 Å². The van der Waals surface area contributed by atoms with Crippen LogP contribution in [0.5, 0.6) is 0 Å². The number of nitrogens with one attached hydrogen (secondary N) is 1. The number of unbranched alkanes of at least 4 members (excludes halogenated alkanes) is 1. The third-order valence-corrected chi connectivity index (χ3v) is 2.38. The first kappa shape index (κ1) is 10.8. The Labute approximate surface area is 83.8 Å². The van der Waals surface area contributed by atoms with Gasteiger partial charge in [-0.05, 0) is 19.3 Å². The molecule has 4 heteroatoms. The molecule has 0 bridgehead atoms. The summed E-state index contributed by atoms with van der Waals surface area (Å²) in [4.78, 5) is 11.2. The second-order valence-electron chi connectivity index (χ2n) is 3.23. The second-order valence-corrected chi connectivity index (χ2v) is 3.61. The third kappa shape index (κ3) is 4.48. The molecule has 1 N–H and O–H groups in total. The van der Waals surface area contributed by atoms with E-state index in [9.17, 15) is 4.79 Å². The van der Waals surface area contributed by atoms with Gasteiger partial charge in [0.15, 0.2) is 0 Å². The van der Waals surface area contributed by atoms with E-state index in [0.717, 1.165) is 25.9 Å². The number of hydrogen-bond donors (Lipinski definition) is 1. The number of rotatable bonds is 6. The Balaban J connectivity index is 1.90. The van der Waals surface area contributed by atoms with Crippen LogP contribution in [0.3, 0.4) is 0 Å². The van der Waals surface area contributed by atoms with Gasteiger partial charge in [-0.1, -0.05) is 0 Å². The van der Waals surface area contributed by atoms with E-state index in [1.54, 1.807) is 0 Å². The van der Waals surface area contributed by atoms with Crippen molar-refractivity contribution in [2.24, 2.45) is 0 Å². The van der Waals surface area contributed by atoms with Gasteiger partial charge in [-0.2, -0.15) is 0 Å². The third-order valence-electron chi connectivity index (χ3n) is 2.11. The van der Waals surface area contributed by atoms with Gasteiger partial charge in [0.2, 0.25) is 5.91 Å². The van der Waals surface area contributed by atoms with E-state index in [4.69, 9.17) is 16.3 Å². The quantitative estimate of drug-likeness (QED) is 0.525. The van der Waals surface area contributed by atoms with Crippen LogP contribution in [0.15, 0.2) is 0 Å². The molecule has 1 rings (SSSR count). The van der Waals surface area contributed by atoms with Gasteiger partial charge in [0, 0.05) is 25.5 Å². The number of carbonyl (C=O) groups excluding carboxylic acids is 1. The average molecular weight is 206 g/mol. The highest BCUT2D eigenvalue weighted by molar-refractivity contribution is 6.17. The van der Waals surface area contributed by atoms with Crippen molar-refractivity contribution in [1.82, 2.24) is 5.32 Å². The molecule has 1 aliphatic rings. The maximum atomic E-state index is 11.2. The number of hydrogen-bond acceptors (Lipinski definition) is 2. The molecule has 0 saturated carbocycles. The molecular formula is C9H16ClNO2. The molecule has 1 amide bonds. The van der Waals surface area contributed by atoms with Crippen molar-refractivity contribution in [2.75, 3.05) is 19.0 Å². The Bertz CT molecular complexity index is 160. The largest absolute Gasteiger partial charge is 0.376 e. The van der Waals surface area contributed by atoms with Gasteiger partial charge >= 0.3 is 0 Å². The molecule has 1 aliphatic heterocycles. The number of alkyl halides is 1. The van der Waals surface area contributed by atoms with Crippen LogP contribution in [0.2, 0.25) is 0 Å². The molecule has 3 nitrogen and oxygen atoms in total. The Morgan fingerprint density at radius 3 is 2.85 bits per heavy atom. The molecule has 0 spiro atoms. The molecule has 1 atom stereocenters. The minimum absolute atomic E-state index is 0.112. The van der Waals surface area contributed by atoms with E-state index in [1.165, 1.54) is 0 Å². The summed E-state index contributed by atoms with van der Waals surface area (Å²) < 4.78 is 5.17. The minimum Gasteiger partial charge on any atom is -0.376 e. The van der Waals surface area contributed by atoms with Gasteiger partial charge in [-0.15, -0.1) is 11.6 Å². The Hall–Kier alpha value is -0.280. The van der Waals surface area contributed by atoms with Crippen molar-refractivity contribution >= 4 is 17.5 Å². The maximum absolute atomic E-state index is 11.2. The predicted octanol–water partition coefficient (Wildman–Crippen LogP) is 1.30. The topological polar surface area (TPSA) is 38.3 Å². The lowest BCUT2D eigenvalue weighted by molar-refractivity contribution is -0.123. The van der Waals surface area contributed by atoms with Crippen LogP contribution in [-0.4, -0.2) is 31.0 Å². The van der Waals surface area contributed by atoms with Crippen molar-refractivity contribution < 1.29 is 9.53 Å². The maximum Gasteiger partial charge on any atom is 0.220 e. The predicted molar refractivity (Wildman–Crippen MR) is 51.9 cm³/mol. The first-order valence-corrected chi connectivity index (χ1v) is 5.30. The van der Waals surface area contributed by atoms with Crippen LogP contribution < -0.4 is 5.32 Å². The summed E-state index contributed by atoms with van der Waals surface area (Å²) in [5.74, 6) is 0.750. The molecule has 0 aromatic carbocycles. The standard InChI is InChI=1S/C9H16ClNO2/c10-5-2-1-3-9(12)11-7-8-4-6-13-8/h8H,1-7H2,(H,11,12). The lowest BCUT2D eigenvalue weighted by atomic mass is 10.2. The van der Waals surface area contributed by atoms with Crippen LogP contribution in [0.25, 0.3) is 0 Å². The first-order chi connectivity index (χ1) is 6.33. The summed E-state index contributed by atoms with van der Waals surface area (Å²) in [6.45, 7) is 1.51. The van der Waals surface area contributed by atoms with Crippen LogP contribution in [0, 0.1) is 0 Å². The van der Waals surface area contributed by atoms with Crippen LogP contribution in [0.4, 0.5) is 0 Å². The van der Waals surface area contributed by atoms with Crippen molar-refractivity contribution in [3.05, 3.63) is 0 Å². The summed E-state index contributed by atoms with van der Waals surface area (Å²) in [5, 5.41) is 2.84. The van der Waals surface area contributed by atoms with Crippen molar-refractivity contribution in [2.45, 2.75) is 31.8 Å². The molecule has 76 valence electrons. The average Bonchev–Trinajstić information content (AvgIpc) is 2.02. The van der Waals surface area contributed by atoms with Crippen molar-refractivity contribution in [1.29, 1.82) is 0 Å². The number of carbonyl (C=O) groups is 1. The molecule has 0 aromatic heterocycles. The molecular weight excluding hydrogens is 190 g/mol. The normalized spacial score (nSPS) is 20.8. The van der Waals surface area contributed by atoms with E-state index < -0.39 is 0 Å². The van der Waals surface area contributed by atoms with E-state index in [-0.39, 0.29) is 12.0 Å². The second kappa shape index (κ2) is 6.22. The van der Waals surface area contributed by atoms with Gasteiger partial charge < -0.3 is 10.1 Å². The Morgan fingerprint density at radius 1 is 1.54 bits per heavy atom. The first-order valence-electron chi connectivity index (χ1n) is 4.77. The lowest BCUT2D eigenvalue weighted by Gasteiger charge is -2.26. The molecule has 0 aliphatic carbocycles. The summed E-state index contributed by atoms with van der Waals surface area (Å²) in [6, 6.07) is 0. The Morgan fingerprint density at radius 2 is 2.31 bits per heavy atom. The lowest BCUT2D eigenvalue weighted by Crippen LogP contribution is -2.39. The van der Waals surface area contributed by atoms with Gasteiger partial charge in [-0.25, -0.2) is 0 Å². The van der Waals surface area contributed by atoms with E-state index in [1.807, 2.05) is 0 Å². The molecule has 1 unspecified atom stereocenters. The van der Waals surface area contributed by atoms with Crippen LogP contribution >= 0.6 is 11.6 Å². The highest BCUT2D eigenvalue weighted by Gasteiger charge is 2.18. The smallest absolute Gasteiger partial charge is 0.220 e. The molecule has 13 heavy (non-hydrogen) atoms. The van der Waals surface area contributed by atoms with Crippen LogP contribution in [0.1, 0.15) is 25.7 Å². The van der Waals surface area contributed by atoms with Crippen LogP contribution in [-0.2, 0) is 9.53 Å². The van der Waals surface area contributed by atoms with E-state index >= 15 is 0 Å². The fraction of sp³-hybridized carbons (Fsp3) is 0.889. The van der Waals surface area contributed by atoms with Gasteiger partial charge in [0.05, 0.1) is 6.10 Å². The summed E-state index contributed by atoms with van der Waals surface area (Å²) in [7, 11) is 0. The van der Waals surface area contributed by atoms with Gasteiger partial charge in [-0.3, -0.25) is 4.79 Å². The highest BCUT2D eigenvalue weighted by Crippen LogP contribution is 2.09.